The summed E-state index contributed by atoms with van der Waals surface area (Å²) >= 11 is 0. The minimum absolute atomic E-state index is 0.0334. The molecule has 0 aliphatic heterocycles. The van der Waals surface area contributed by atoms with Gasteiger partial charge in [0.2, 0.25) is 0 Å². The Kier molecular flexibility index (Phi) is 4.10. The molecule has 1 aromatic carbocycles. The molecule has 0 saturated heterocycles. The molecular formula is C15H15N2O3+. The highest BCUT2D eigenvalue weighted by Crippen LogP contribution is 2.31. The van der Waals surface area contributed by atoms with Gasteiger partial charge in [0.05, 0.1) is 12.0 Å². The van der Waals surface area contributed by atoms with E-state index in [1.807, 2.05) is 35.2 Å². The number of aromatic nitrogens is 1. The van der Waals surface area contributed by atoms with Crippen LogP contribution in [0.15, 0.2) is 55.4 Å². The van der Waals surface area contributed by atoms with Crippen LogP contribution in [-0.2, 0) is 6.54 Å². The van der Waals surface area contributed by atoms with Gasteiger partial charge in [-0.05, 0) is 29.3 Å². The first-order chi connectivity index (χ1) is 9.65. The van der Waals surface area contributed by atoms with Crippen molar-refractivity contribution in [1.82, 2.24) is 0 Å². The van der Waals surface area contributed by atoms with Crippen molar-refractivity contribution in [3.05, 3.63) is 65.5 Å². The van der Waals surface area contributed by atoms with Crippen LogP contribution in [-0.4, -0.2) is 12.0 Å². The summed E-state index contributed by atoms with van der Waals surface area (Å²) in [5.74, 6) is 0.260. The van der Waals surface area contributed by atoms with Crippen molar-refractivity contribution >= 4 is 5.69 Å². The molecule has 0 saturated carbocycles. The van der Waals surface area contributed by atoms with Crippen LogP contribution in [0.5, 0.6) is 5.75 Å². The molecule has 1 heterocycles. The average molecular weight is 271 g/mol. The Bertz CT molecular complexity index is 636. The number of rotatable bonds is 5. The fraction of sp³-hybridized carbons (Fsp3) is 0.133. The molecule has 0 fully saturated rings. The number of allylic oxidation sites excluding steroid dienone is 1. The average Bonchev–Trinajstić information content (AvgIpc) is 2.47. The summed E-state index contributed by atoms with van der Waals surface area (Å²) in [7, 11) is 1.43. The maximum absolute atomic E-state index is 10.9. The van der Waals surface area contributed by atoms with Gasteiger partial charge in [-0.2, -0.15) is 0 Å². The zero-order valence-corrected chi connectivity index (χ0v) is 11.2. The second-order valence-corrected chi connectivity index (χ2v) is 4.22. The predicted molar refractivity (Wildman–Crippen MR) is 75.5 cm³/mol. The van der Waals surface area contributed by atoms with Crippen molar-refractivity contribution in [2.75, 3.05) is 7.11 Å². The Hall–Kier alpha value is -2.69. The molecule has 0 amide bonds. The molecule has 5 heteroatoms. The van der Waals surface area contributed by atoms with Crippen molar-refractivity contribution < 1.29 is 14.2 Å². The quantitative estimate of drug-likeness (QED) is 0.363. The number of ether oxygens (including phenoxy) is 1. The zero-order valence-electron chi connectivity index (χ0n) is 11.2. The number of nitrogens with zero attached hydrogens (tertiary/aromatic N) is 2. The SMILES string of the molecule is C=CC[n+]1ccc(-c2ccc([N+](=O)[O-])c(OC)c2)cc1. The lowest BCUT2D eigenvalue weighted by molar-refractivity contribution is -0.686. The number of hydrogen-bond donors (Lipinski definition) is 0. The Morgan fingerprint density at radius 2 is 2.00 bits per heavy atom. The molecule has 5 nitrogen and oxygen atoms in total. The summed E-state index contributed by atoms with van der Waals surface area (Å²) < 4.78 is 7.06. The first-order valence-corrected chi connectivity index (χ1v) is 6.08. The molecule has 1 aromatic heterocycles. The largest absolute Gasteiger partial charge is 0.490 e. The fourth-order valence-electron chi connectivity index (χ4n) is 1.93. The summed E-state index contributed by atoms with van der Waals surface area (Å²) in [4.78, 5) is 10.4. The van der Waals surface area contributed by atoms with Crippen molar-refractivity contribution in [3.63, 3.8) is 0 Å². The van der Waals surface area contributed by atoms with Gasteiger partial charge >= 0.3 is 5.69 Å². The number of nitro benzene ring substituents is 1. The molecular weight excluding hydrogens is 256 g/mol. The van der Waals surface area contributed by atoms with Gasteiger partial charge in [0.25, 0.3) is 0 Å². The van der Waals surface area contributed by atoms with Gasteiger partial charge in [-0.3, -0.25) is 10.1 Å². The monoisotopic (exact) mass is 271 g/mol. The fourth-order valence-corrected chi connectivity index (χ4v) is 1.93. The second-order valence-electron chi connectivity index (χ2n) is 4.22. The van der Waals surface area contributed by atoms with Crippen LogP contribution in [0, 0.1) is 10.1 Å². The molecule has 0 atom stereocenters. The van der Waals surface area contributed by atoms with Crippen LogP contribution in [0.2, 0.25) is 0 Å². The molecule has 2 rings (SSSR count). The minimum Gasteiger partial charge on any atom is -0.490 e. The standard InChI is InChI=1S/C15H15N2O3/c1-3-8-16-9-6-12(7-10-16)13-4-5-14(17(18)19)15(11-13)20-2/h3-7,9-11H,1,8H2,2H3/q+1. The third-order valence-corrected chi connectivity index (χ3v) is 2.94. The van der Waals surface area contributed by atoms with E-state index in [1.165, 1.54) is 13.2 Å². The minimum atomic E-state index is -0.453. The smallest absolute Gasteiger partial charge is 0.310 e. The molecule has 0 N–H and O–H groups in total. The molecule has 20 heavy (non-hydrogen) atoms. The lowest BCUT2D eigenvalue weighted by Gasteiger charge is -2.05. The van der Waals surface area contributed by atoms with Gasteiger partial charge in [-0.15, -0.1) is 0 Å². The van der Waals surface area contributed by atoms with E-state index in [0.717, 1.165) is 17.7 Å². The topological polar surface area (TPSA) is 56.2 Å². The normalized spacial score (nSPS) is 10.1. The predicted octanol–water partition coefficient (Wildman–Crippen LogP) is 2.74. The summed E-state index contributed by atoms with van der Waals surface area (Å²) in [6, 6.07) is 8.74. The number of hydrogen-bond acceptors (Lipinski definition) is 3. The Morgan fingerprint density at radius 1 is 1.30 bits per heavy atom. The number of benzene rings is 1. The van der Waals surface area contributed by atoms with Crippen molar-refractivity contribution in [2.45, 2.75) is 6.54 Å². The van der Waals surface area contributed by atoms with Crippen LogP contribution >= 0.6 is 0 Å². The van der Waals surface area contributed by atoms with E-state index in [9.17, 15) is 10.1 Å². The van der Waals surface area contributed by atoms with Gasteiger partial charge in [-0.1, -0.05) is 6.58 Å². The third kappa shape index (κ3) is 2.83. The van der Waals surface area contributed by atoms with E-state index in [4.69, 9.17) is 4.74 Å². The van der Waals surface area contributed by atoms with E-state index >= 15 is 0 Å². The Labute approximate surface area is 116 Å². The Balaban J connectivity index is 2.37. The van der Waals surface area contributed by atoms with Gasteiger partial charge in [0.15, 0.2) is 24.7 Å². The highest BCUT2D eigenvalue weighted by atomic mass is 16.6. The molecule has 2 aromatic rings. The lowest BCUT2D eigenvalue weighted by atomic mass is 10.1. The number of methoxy groups -OCH3 is 1. The van der Waals surface area contributed by atoms with Crippen LogP contribution in [0.4, 0.5) is 5.69 Å². The van der Waals surface area contributed by atoms with Crippen LogP contribution in [0.3, 0.4) is 0 Å². The van der Waals surface area contributed by atoms with E-state index in [2.05, 4.69) is 6.58 Å². The highest BCUT2D eigenvalue weighted by molar-refractivity contribution is 5.67. The van der Waals surface area contributed by atoms with Crippen LogP contribution < -0.4 is 9.30 Å². The van der Waals surface area contributed by atoms with Gasteiger partial charge < -0.3 is 4.74 Å². The van der Waals surface area contributed by atoms with Crippen LogP contribution in [0.25, 0.3) is 11.1 Å². The molecule has 0 aliphatic rings. The molecule has 102 valence electrons. The van der Waals surface area contributed by atoms with E-state index in [1.54, 1.807) is 12.1 Å². The number of pyridine rings is 1. The van der Waals surface area contributed by atoms with Crippen molar-refractivity contribution in [2.24, 2.45) is 0 Å². The van der Waals surface area contributed by atoms with Crippen LogP contribution in [0.1, 0.15) is 0 Å². The van der Waals surface area contributed by atoms with E-state index in [-0.39, 0.29) is 11.4 Å². The molecule has 0 bridgehead atoms. The molecule has 0 radical (unpaired) electrons. The lowest BCUT2D eigenvalue weighted by Crippen LogP contribution is -2.31. The zero-order chi connectivity index (χ0) is 14.5. The van der Waals surface area contributed by atoms with E-state index < -0.39 is 4.92 Å². The first-order valence-electron chi connectivity index (χ1n) is 6.08. The first kappa shape index (κ1) is 13.7. The number of nitro groups is 1. The van der Waals surface area contributed by atoms with Crippen molar-refractivity contribution in [3.8, 4) is 16.9 Å². The molecule has 0 spiro atoms. The highest BCUT2D eigenvalue weighted by Gasteiger charge is 2.15. The summed E-state index contributed by atoms with van der Waals surface area (Å²) in [5.41, 5.74) is 1.81. The van der Waals surface area contributed by atoms with Gasteiger partial charge in [0.1, 0.15) is 0 Å². The summed E-state index contributed by atoms with van der Waals surface area (Å²) in [6.45, 7) is 4.42. The van der Waals surface area contributed by atoms with E-state index in [0.29, 0.717) is 0 Å². The molecule has 0 unspecified atom stereocenters. The van der Waals surface area contributed by atoms with Crippen molar-refractivity contribution in [1.29, 1.82) is 0 Å². The molecule has 0 aliphatic carbocycles. The third-order valence-electron chi connectivity index (χ3n) is 2.94. The van der Waals surface area contributed by atoms with Gasteiger partial charge in [0, 0.05) is 18.2 Å². The maximum atomic E-state index is 10.9. The summed E-state index contributed by atoms with van der Waals surface area (Å²) in [6.07, 6.45) is 5.68. The maximum Gasteiger partial charge on any atom is 0.310 e. The second kappa shape index (κ2) is 5.97. The summed E-state index contributed by atoms with van der Waals surface area (Å²) in [5, 5.41) is 10.9. The van der Waals surface area contributed by atoms with Gasteiger partial charge in [-0.25, -0.2) is 4.57 Å². The Morgan fingerprint density at radius 3 is 2.55 bits per heavy atom.